The lowest BCUT2D eigenvalue weighted by atomic mass is 10.0. The number of carbonyl (C=O) groups excluding carboxylic acids is 1. The van der Waals surface area contributed by atoms with Crippen LogP contribution in [0.15, 0.2) is 84.9 Å². The number of halogens is 2. The Morgan fingerprint density at radius 3 is 2.39 bits per heavy atom. The first-order chi connectivity index (χ1) is 17.3. The van der Waals surface area contributed by atoms with Gasteiger partial charge in [0.1, 0.15) is 0 Å². The second kappa shape index (κ2) is 9.69. The van der Waals surface area contributed by atoms with Crippen LogP contribution in [0.3, 0.4) is 0 Å². The molecule has 2 N–H and O–H groups in total. The second-order valence-corrected chi connectivity index (χ2v) is 9.59. The quantitative estimate of drug-likeness (QED) is 0.256. The highest BCUT2D eigenvalue weighted by Crippen LogP contribution is 2.32. The molecule has 36 heavy (non-hydrogen) atoms. The van der Waals surface area contributed by atoms with Gasteiger partial charge in [-0.2, -0.15) is 0 Å². The first-order valence-corrected chi connectivity index (χ1v) is 12.3. The zero-order chi connectivity index (χ0) is 25.4. The summed E-state index contributed by atoms with van der Waals surface area (Å²) < 4.78 is 3.91. The summed E-state index contributed by atoms with van der Waals surface area (Å²) in [6, 6.07) is 27.2. The minimum absolute atomic E-state index is 0.147. The third kappa shape index (κ3) is 4.55. The molecule has 5 nitrogen and oxygen atoms in total. The third-order valence-corrected chi connectivity index (χ3v) is 6.75. The van der Waals surface area contributed by atoms with Crippen LogP contribution in [-0.2, 0) is 11.3 Å². The van der Waals surface area contributed by atoms with Crippen molar-refractivity contribution >= 4 is 45.8 Å². The molecule has 0 bridgehead atoms. The fourth-order valence-electron chi connectivity index (χ4n) is 4.45. The number of anilines is 1. The molecule has 180 valence electrons. The fourth-order valence-corrected chi connectivity index (χ4v) is 4.82. The Morgan fingerprint density at radius 1 is 0.917 bits per heavy atom. The van der Waals surface area contributed by atoms with Crippen molar-refractivity contribution in [1.29, 1.82) is 5.41 Å². The predicted molar refractivity (Wildman–Crippen MR) is 147 cm³/mol. The maximum atomic E-state index is 11.7. The van der Waals surface area contributed by atoms with Gasteiger partial charge in [-0.3, -0.25) is 14.8 Å². The lowest BCUT2D eigenvalue weighted by Gasteiger charge is -2.12. The van der Waals surface area contributed by atoms with Crippen LogP contribution in [0.1, 0.15) is 18.1 Å². The van der Waals surface area contributed by atoms with Crippen molar-refractivity contribution in [1.82, 2.24) is 9.13 Å². The molecule has 0 radical (unpaired) electrons. The van der Waals surface area contributed by atoms with Crippen molar-refractivity contribution < 1.29 is 4.79 Å². The number of nitrogens with one attached hydrogen (secondary N) is 2. The number of aromatic nitrogens is 2. The van der Waals surface area contributed by atoms with Crippen LogP contribution in [0.2, 0.25) is 10.0 Å². The van der Waals surface area contributed by atoms with Crippen molar-refractivity contribution in [2.75, 3.05) is 5.32 Å². The van der Waals surface area contributed by atoms with E-state index in [0.717, 1.165) is 39.0 Å². The molecule has 0 saturated carbocycles. The Kier molecular flexibility index (Phi) is 6.44. The summed E-state index contributed by atoms with van der Waals surface area (Å²) in [5.74, 6) is -0.147. The van der Waals surface area contributed by atoms with Gasteiger partial charge in [0.15, 0.2) is 0 Å². The van der Waals surface area contributed by atoms with Crippen LogP contribution in [0.25, 0.3) is 27.8 Å². The second-order valence-electron chi connectivity index (χ2n) is 8.75. The Morgan fingerprint density at radius 2 is 1.67 bits per heavy atom. The number of hydrogen-bond donors (Lipinski definition) is 2. The molecular formula is C29H24Cl2N4O. The van der Waals surface area contributed by atoms with E-state index in [-0.39, 0.29) is 5.91 Å². The van der Waals surface area contributed by atoms with E-state index in [9.17, 15) is 4.79 Å². The fraction of sp³-hybridized carbons (Fsp3) is 0.103. The topological polar surface area (TPSA) is 62.8 Å². The number of carbonyl (C=O) groups is 1. The Labute approximate surface area is 219 Å². The van der Waals surface area contributed by atoms with E-state index >= 15 is 0 Å². The summed E-state index contributed by atoms with van der Waals surface area (Å²) >= 11 is 12.7. The number of rotatable bonds is 5. The van der Waals surface area contributed by atoms with Gasteiger partial charge in [-0.25, -0.2) is 0 Å². The molecule has 1 aromatic heterocycles. The number of aryl methyl sites for hydroxylation is 1. The van der Waals surface area contributed by atoms with Crippen LogP contribution in [0.4, 0.5) is 5.69 Å². The van der Waals surface area contributed by atoms with E-state index in [4.69, 9.17) is 28.6 Å². The maximum Gasteiger partial charge on any atom is 0.221 e. The smallest absolute Gasteiger partial charge is 0.221 e. The highest BCUT2D eigenvalue weighted by Gasteiger charge is 2.15. The first kappa shape index (κ1) is 23.9. The molecule has 7 heteroatoms. The number of fused-ring (bicyclic) bond motifs is 1. The molecule has 0 aliphatic heterocycles. The van der Waals surface area contributed by atoms with Crippen LogP contribution in [0.5, 0.6) is 0 Å². The minimum atomic E-state index is -0.147. The monoisotopic (exact) mass is 514 g/mol. The lowest BCUT2D eigenvalue weighted by molar-refractivity contribution is -0.114. The lowest BCUT2D eigenvalue weighted by Crippen LogP contribution is -2.24. The van der Waals surface area contributed by atoms with E-state index in [2.05, 4.69) is 17.4 Å². The molecule has 0 fully saturated rings. The van der Waals surface area contributed by atoms with Gasteiger partial charge in [-0.15, -0.1) is 0 Å². The molecule has 5 rings (SSSR count). The molecule has 5 aromatic rings. The molecule has 0 atom stereocenters. The molecule has 1 amide bonds. The van der Waals surface area contributed by atoms with Gasteiger partial charge in [0.05, 0.1) is 17.6 Å². The number of hydrogen-bond acceptors (Lipinski definition) is 2. The van der Waals surface area contributed by atoms with E-state index < -0.39 is 0 Å². The number of nitrogens with zero attached hydrogens (tertiary/aromatic N) is 2. The average Bonchev–Trinajstić information content (AvgIpc) is 3.12. The number of amides is 1. The number of benzene rings is 4. The van der Waals surface area contributed by atoms with Gasteiger partial charge >= 0.3 is 0 Å². The van der Waals surface area contributed by atoms with Crippen LogP contribution >= 0.6 is 23.2 Å². The summed E-state index contributed by atoms with van der Waals surface area (Å²) in [6.07, 6.45) is 0. The van der Waals surface area contributed by atoms with Crippen molar-refractivity contribution in [2.24, 2.45) is 0 Å². The summed E-state index contributed by atoms with van der Waals surface area (Å²) in [4.78, 5) is 11.7. The van der Waals surface area contributed by atoms with Crippen molar-refractivity contribution in [3.8, 4) is 16.8 Å². The van der Waals surface area contributed by atoms with Crippen molar-refractivity contribution in [3.63, 3.8) is 0 Å². The molecule has 1 heterocycles. The van der Waals surface area contributed by atoms with Crippen LogP contribution < -0.4 is 10.9 Å². The summed E-state index contributed by atoms with van der Waals surface area (Å²) in [5, 5.41) is 13.2. The van der Waals surface area contributed by atoms with Gasteiger partial charge in [-0.05, 0) is 72.1 Å². The van der Waals surface area contributed by atoms with Gasteiger partial charge in [-0.1, -0.05) is 59.6 Å². The standard InChI is InChI=1S/C29H24Cl2N4O/c1-18-7-14-27-28(15-18)34(17-21-5-3-4-6-25(21)31)29(32)35(27)23-11-8-20(9-12-23)24-16-22(30)10-13-26(24)33-19(2)36/h3-16,32H,17H2,1-2H3,(H,33,36). The van der Waals surface area contributed by atoms with Crippen molar-refractivity contribution in [2.45, 2.75) is 20.4 Å². The third-order valence-electron chi connectivity index (χ3n) is 6.15. The van der Waals surface area contributed by atoms with E-state index in [1.807, 2.05) is 76.7 Å². The van der Waals surface area contributed by atoms with Gasteiger partial charge in [0, 0.05) is 33.9 Å². The molecule has 0 saturated heterocycles. The SMILES string of the molecule is CC(=O)Nc1ccc(Cl)cc1-c1ccc(-n2c(=N)n(Cc3ccccc3Cl)c3cc(C)ccc32)cc1. The molecule has 0 unspecified atom stereocenters. The van der Waals surface area contributed by atoms with Crippen LogP contribution in [-0.4, -0.2) is 15.0 Å². The Balaban J connectivity index is 1.62. The van der Waals surface area contributed by atoms with Crippen molar-refractivity contribution in [3.05, 3.63) is 112 Å². The summed E-state index contributed by atoms with van der Waals surface area (Å²) in [6.45, 7) is 4.02. The van der Waals surface area contributed by atoms with E-state index in [0.29, 0.717) is 27.9 Å². The molecule has 0 spiro atoms. The Hall–Kier alpha value is -3.80. The minimum Gasteiger partial charge on any atom is -0.326 e. The Bertz CT molecular complexity index is 1670. The molecule has 0 aliphatic carbocycles. The highest BCUT2D eigenvalue weighted by atomic mass is 35.5. The average molecular weight is 515 g/mol. The van der Waals surface area contributed by atoms with Crippen LogP contribution in [0, 0.1) is 12.3 Å². The predicted octanol–water partition coefficient (Wildman–Crippen LogP) is 7.20. The largest absolute Gasteiger partial charge is 0.326 e. The summed E-state index contributed by atoms with van der Waals surface area (Å²) in [7, 11) is 0. The maximum absolute atomic E-state index is 11.7. The first-order valence-electron chi connectivity index (χ1n) is 11.5. The molecular weight excluding hydrogens is 491 g/mol. The summed E-state index contributed by atoms with van der Waals surface area (Å²) in [5.41, 5.74) is 7.63. The normalized spacial score (nSPS) is 11.1. The van der Waals surface area contributed by atoms with Gasteiger partial charge in [0.2, 0.25) is 11.5 Å². The van der Waals surface area contributed by atoms with E-state index in [1.54, 1.807) is 12.1 Å². The highest BCUT2D eigenvalue weighted by molar-refractivity contribution is 6.31. The van der Waals surface area contributed by atoms with E-state index in [1.165, 1.54) is 6.92 Å². The van der Waals surface area contributed by atoms with Gasteiger partial charge in [0.25, 0.3) is 0 Å². The number of imidazole rings is 1. The zero-order valence-electron chi connectivity index (χ0n) is 19.8. The molecule has 4 aromatic carbocycles. The van der Waals surface area contributed by atoms with Gasteiger partial charge < -0.3 is 9.88 Å². The zero-order valence-corrected chi connectivity index (χ0v) is 21.4. The molecule has 0 aliphatic rings.